The molecule has 0 atom stereocenters. The van der Waals surface area contributed by atoms with Crippen LogP contribution in [0.25, 0.3) is 11.1 Å². The first kappa shape index (κ1) is 14.0. The average molecular weight is 275 g/mol. The van der Waals surface area contributed by atoms with Gasteiger partial charge in [0, 0.05) is 35.1 Å². The smallest absolute Gasteiger partial charge is 0.0409 e. The molecule has 0 aliphatic heterocycles. The minimum atomic E-state index is 0.447. The fourth-order valence-corrected chi connectivity index (χ4v) is 2.13. The number of aromatic nitrogens is 1. The predicted octanol–water partition coefficient (Wildman–Crippen LogP) is 4.21. The molecule has 0 unspecified atom stereocenters. The topological polar surface area (TPSA) is 24.9 Å². The van der Waals surface area contributed by atoms with Gasteiger partial charge in [-0.3, -0.25) is 4.98 Å². The third-order valence-electron chi connectivity index (χ3n) is 2.99. The zero-order valence-corrected chi connectivity index (χ0v) is 12.3. The lowest BCUT2D eigenvalue weighted by Gasteiger charge is -2.13. The molecule has 0 aliphatic rings. The standard InChI is InChI=1S/C16H19ClN2/c1-11(2)18-10-14-8-15(17)6-7-16(14)13-5-4-12(3)19-9-13/h4-9,11,18H,10H2,1-3H3. The fourth-order valence-electron chi connectivity index (χ4n) is 1.93. The third kappa shape index (κ3) is 3.79. The molecule has 2 nitrogen and oxygen atoms in total. The number of rotatable bonds is 4. The highest BCUT2D eigenvalue weighted by molar-refractivity contribution is 6.30. The summed E-state index contributed by atoms with van der Waals surface area (Å²) in [4.78, 5) is 4.36. The van der Waals surface area contributed by atoms with Crippen LogP contribution in [0.3, 0.4) is 0 Å². The summed E-state index contributed by atoms with van der Waals surface area (Å²) in [5.74, 6) is 0. The molecule has 0 bridgehead atoms. The number of hydrogen-bond acceptors (Lipinski definition) is 2. The Balaban J connectivity index is 2.35. The summed E-state index contributed by atoms with van der Waals surface area (Å²) in [6.45, 7) is 7.07. The van der Waals surface area contributed by atoms with Crippen molar-refractivity contribution in [3.05, 3.63) is 52.8 Å². The van der Waals surface area contributed by atoms with E-state index in [1.807, 2.05) is 31.3 Å². The van der Waals surface area contributed by atoms with E-state index in [0.717, 1.165) is 22.8 Å². The van der Waals surface area contributed by atoms with Crippen molar-refractivity contribution >= 4 is 11.6 Å². The molecule has 2 rings (SSSR count). The van der Waals surface area contributed by atoms with E-state index in [9.17, 15) is 0 Å². The lowest BCUT2D eigenvalue weighted by Crippen LogP contribution is -2.22. The van der Waals surface area contributed by atoms with Gasteiger partial charge in [0.2, 0.25) is 0 Å². The molecule has 0 saturated heterocycles. The number of nitrogens with zero attached hydrogens (tertiary/aromatic N) is 1. The summed E-state index contributed by atoms with van der Waals surface area (Å²) in [6, 6.07) is 10.6. The van der Waals surface area contributed by atoms with Gasteiger partial charge in [0.15, 0.2) is 0 Å². The second-order valence-corrected chi connectivity index (χ2v) is 5.46. The Labute approximate surface area is 119 Å². The Morgan fingerprint density at radius 1 is 1.21 bits per heavy atom. The van der Waals surface area contributed by atoms with Crippen LogP contribution in [-0.4, -0.2) is 11.0 Å². The molecule has 1 N–H and O–H groups in total. The molecular weight excluding hydrogens is 256 g/mol. The first-order chi connectivity index (χ1) is 9.06. The highest BCUT2D eigenvalue weighted by Crippen LogP contribution is 2.26. The lowest BCUT2D eigenvalue weighted by molar-refractivity contribution is 0.589. The van der Waals surface area contributed by atoms with Gasteiger partial charge in [0.25, 0.3) is 0 Å². The lowest BCUT2D eigenvalue weighted by atomic mass is 10.0. The summed E-state index contributed by atoms with van der Waals surface area (Å²) >= 11 is 6.10. The van der Waals surface area contributed by atoms with E-state index in [4.69, 9.17) is 11.6 Å². The Hall–Kier alpha value is -1.38. The minimum absolute atomic E-state index is 0.447. The van der Waals surface area contributed by atoms with Crippen LogP contribution in [0.2, 0.25) is 5.02 Å². The number of halogens is 1. The Bertz CT molecular complexity index is 547. The summed E-state index contributed by atoms with van der Waals surface area (Å²) in [6.07, 6.45) is 1.91. The van der Waals surface area contributed by atoms with E-state index in [1.54, 1.807) is 0 Å². The Morgan fingerprint density at radius 2 is 2.00 bits per heavy atom. The van der Waals surface area contributed by atoms with Gasteiger partial charge < -0.3 is 5.32 Å². The van der Waals surface area contributed by atoms with Gasteiger partial charge in [-0.05, 0) is 36.2 Å². The zero-order chi connectivity index (χ0) is 13.8. The molecule has 0 fully saturated rings. The molecule has 0 saturated carbocycles. The number of aryl methyl sites for hydroxylation is 1. The van der Waals surface area contributed by atoms with E-state index in [-0.39, 0.29) is 0 Å². The molecule has 0 aliphatic carbocycles. The molecular formula is C16H19ClN2. The van der Waals surface area contributed by atoms with Crippen molar-refractivity contribution in [2.24, 2.45) is 0 Å². The van der Waals surface area contributed by atoms with Crippen molar-refractivity contribution in [3.63, 3.8) is 0 Å². The number of pyridine rings is 1. The molecule has 0 spiro atoms. The molecule has 2 aromatic rings. The molecule has 1 aromatic carbocycles. The molecule has 3 heteroatoms. The average Bonchev–Trinajstić information content (AvgIpc) is 2.38. The number of hydrogen-bond donors (Lipinski definition) is 1. The Kier molecular flexibility index (Phi) is 4.56. The highest BCUT2D eigenvalue weighted by atomic mass is 35.5. The van der Waals surface area contributed by atoms with Gasteiger partial charge in [0.05, 0.1) is 0 Å². The van der Waals surface area contributed by atoms with E-state index in [1.165, 1.54) is 11.1 Å². The van der Waals surface area contributed by atoms with E-state index in [2.05, 4.69) is 36.3 Å². The van der Waals surface area contributed by atoms with Crippen molar-refractivity contribution in [3.8, 4) is 11.1 Å². The van der Waals surface area contributed by atoms with Crippen LogP contribution in [0.5, 0.6) is 0 Å². The molecule has 0 amide bonds. The van der Waals surface area contributed by atoms with Crippen LogP contribution in [-0.2, 0) is 6.54 Å². The van der Waals surface area contributed by atoms with Crippen LogP contribution in [0, 0.1) is 6.92 Å². The molecule has 1 heterocycles. The fraction of sp³-hybridized carbons (Fsp3) is 0.312. The molecule has 19 heavy (non-hydrogen) atoms. The summed E-state index contributed by atoms with van der Waals surface area (Å²) in [7, 11) is 0. The van der Waals surface area contributed by atoms with Crippen molar-refractivity contribution in [2.45, 2.75) is 33.4 Å². The normalized spacial score (nSPS) is 11.0. The maximum Gasteiger partial charge on any atom is 0.0409 e. The van der Waals surface area contributed by atoms with Crippen LogP contribution in [0.1, 0.15) is 25.1 Å². The predicted molar refractivity (Wildman–Crippen MR) is 81.4 cm³/mol. The van der Waals surface area contributed by atoms with Gasteiger partial charge in [-0.15, -0.1) is 0 Å². The summed E-state index contributed by atoms with van der Waals surface area (Å²) in [5.41, 5.74) is 4.54. The van der Waals surface area contributed by atoms with Crippen molar-refractivity contribution in [1.29, 1.82) is 0 Å². The second-order valence-electron chi connectivity index (χ2n) is 5.03. The second kappa shape index (κ2) is 6.18. The maximum absolute atomic E-state index is 6.10. The van der Waals surface area contributed by atoms with Crippen molar-refractivity contribution < 1.29 is 0 Å². The first-order valence-electron chi connectivity index (χ1n) is 6.51. The van der Waals surface area contributed by atoms with E-state index in [0.29, 0.717) is 6.04 Å². The quantitative estimate of drug-likeness (QED) is 0.903. The summed E-state index contributed by atoms with van der Waals surface area (Å²) in [5, 5.41) is 4.20. The Morgan fingerprint density at radius 3 is 2.63 bits per heavy atom. The maximum atomic E-state index is 6.10. The minimum Gasteiger partial charge on any atom is -0.310 e. The monoisotopic (exact) mass is 274 g/mol. The zero-order valence-electron chi connectivity index (χ0n) is 11.6. The number of benzene rings is 1. The van der Waals surface area contributed by atoms with Gasteiger partial charge in [-0.2, -0.15) is 0 Å². The molecule has 0 radical (unpaired) electrons. The summed E-state index contributed by atoms with van der Waals surface area (Å²) < 4.78 is 0. The van der Waals surface area contributed by atoms with Gasteiger partial charge >= 0.3 is 0 Å². The third-order valence-corrected chi connectivity index (χ3v) is 3.23. The van der Waals surface area contributed by atoms with Crippen LogP contribution in [0.4, 0.5) is 0 Å². The van der Waals surface area contributed by atoms with Crippen LogP contribution in [0.15, 0.2) is 36.5 Å². The highest BCUT2D eigenvalue weighted by Gasteiger charge is 2.07. The molecule has 1 aromatic heterocycles. The first-order valence-corrected chi connectivity index (χ1v) is 6.89. The van der Waals surface area contributed by atoms with E-state index < -0.39 is 0 Å². The van der Waals surface area contributed by atoms with Crippen molar-refractivity contribution in [2.75, 3.05) is 0 Å². The van der Waals surface area contributed by atoms with Crippen molar-refractivity contribution in [1.82, 2.24) is 10.3 Å². The van der Waals surface area contributed by atoms with Crippen LogP contribution < -0.4 is 5.32 Å². The number of nitrogens with one attached hydrogen (secondary N) is 1. The van der Waals surface area contributed by atoms with Gasteiger partial charge in [0.1, 0.15) is 0 Å². The molecule has 100 valence electrons. The van der Waals surface area contributed by atoms with Gasteiger partial charge in [-0.25, -0.2) is 0 Å². The largest absolute Gasteiger partial charge is 0.310 e. The van der Waals surface area contributed by atoms with Crippen LogP contribution >= 0.6 is 11.6 Å². The SMILES string of the molecule is Cc1ccc(-c2ccc(Cl)cc2CNC(C)C)cn1. The van der Waals surface area contributed by atoms with E-state index >= 15 is 0 Å². The van der Waals surface area contributed by atoms with Gasteiger partial charge in [-0.1, -0.05) is 37.6 Å².